The van der Waals surface area contributed by atoms with Gasteiger partial charge in [0, 0.05) is 15.7 Å². The van der Waals surface area contributed by atoms with E-state index in [-0.39, 0.29) is 5.91 Å². The quantitative estimate of drug-likeness (QED) is 0.901. The molecule has 0 heterocycles. The lowest BCUT2D eigenvalue weighted by Crippen LogP contribution is -2.11. The molecule has 1 amide bonds. The van der Waals surface area contributed by atoms with Crippen molar-refractivity contribution in [2.24, 2.45) is 0 Å². The molecule has 1 N–H and O–H groups in total. The van der Waals surface area contributed by atoms with E-state index in [0.29, 0.717) is 5.56 Å². The number of aryl methyl sites for hydroxylation is 1. The lowest BCUT2D eigenvalue weighted by molar-refractivity contribution is 0.102. The first kappa shape index (κ1) is 12.8. The summed E-state index contributed by atoms with van der Waals surface area (Å²) in [5, 5.41) is 2.90. The van der Waals surface area contributed by atoms with Crippen LogP contribution in [0.4, 0.5) is 5.69 Å². The average Bonchev–Trinajstić information content (AvgIpc) is 2.39. The number of nitrogens with one attached hydrogen (secondary N) is 1. The molecule has 0 saturated heterocycles. The van der Waals surface area contributed by atoms with E-state index < -0.39 is 0 Å². The maximum absolute atomic E-state index is 12.0. The molecule has 0 fully saturated rings. The van der Waals surface area contributed by atoms with E-state index in [1.807, 2.05) is 30.3 Å². The van der Waals surface area contributed by atoms with E-state index in [0.717, 1.165) is 16.6 Å². The van der Waals surface area contributed by atoms with Crippen molar-refractivity contribution in [1.82, 2.24) is 0 Å². The van der Waals surface area contributed by atoms with Gasteiger partial charge in [-0.15, -0.1) is 0 Å². The van der Waals surface area contributed by atoms with Gasteiger partial charge >= 0.3 is 0 Å². The van der Waals surface area contributed by atoms with Gasteiger partial charge in [-0.25, -0.2) is 0 Å². The van der Waals surface area contributed by atoms with E-state index in [1.165, 1.54) is 5.56 Å². The Morgan fingerprint density at radius 3 is 2.56 bits per heavy atom. The minimum atomic E-state index is -0.0873. The monoisotopic (exact) mass is 303 g/mol. The van der Waals surface area contributed by atoms with Crippen LogP contribution < -0.4 is 5.32 Å². The third-order valence-electron chi connectivity index (χ3n) is 2.70. The first-order valence-electron chi connectivity index (χ1n) is 5.85. The van der Waals surface area contributed by atoms with Crippen LogP contribution in [-0.4, -0.2) is 5.91 Å². The third-order valence-corrected chi connectivity index (χ3v) is 3.23. The molecule has 0 radical (unpaired) electrons. The number of anilines is 1. The molecule has 0 saturated carbocycles. The van der Waals surface area contributed by atoms with Gasteiger partial charge in [-0.1, -0.05) is 35.0 Å². The van der Waals surface area contributed by atoms with Gasteiger partial charge in [-0.3, -0.25) is 4.79 Å². The first-order chi connectivity index (χ1) is 8.69. The molecule has 0 unspecified atom stereocenters. The molecule has 0 aromatic heterocycles. The molecule has 2 nitrogen and oxygen atoms in total. The zero-order chi connectivity index (χ0) is 13.0. The van der Waals surface area contributed by atoms with Crippen LogP contribution in [0.5, 0.6) is 0 Å². The van der Waals surface area contributed by atoms with Gasteiger partial charge in [0.2, 0.25) is 0 Å². The molecule has 92 valence electrons. The maximum atomic E-state index is 12.0. The normalized spacial score (nSPS) is 10.1. The molecule has 18 heavy (non-hydrogen) atoms. The van der Waals surface area contributed by atoms with Crippen molar-refractivity contribution in [2.75, 3.05) is 5.32 Å². The lowest BCUT2D eigenvalue weighted by Gasteiger charge is -2.06. The minimum Gasteiger partial charge on any atom is -0.322 e. The minimum absolute atomic E-state index is 0.0873. The molecule has 0 aliphatic carbocycles. The summed E-state index contributed by atoms with van der Waals surface area (Å²) in [6.07, 6.45) is 0.960. The Morgan fingerprint density at radius 2 is 1.89 bits per heavy atom. The van der Waals surface area contributed by atoms with Gasteiger partial charge < -0.3 is 5.32 Å². The molecule has 0 atom stereocenters. The predicted octanol–water partition coefficient (Wildman–Crippen LogP) is 4.26. The molecule has 0 aliphatic rings. The standard InChI is InChI=1S/C15H14BrNO/c1-2-11-4-3-5-14(10-11)17-15(18)12-6-8-13(16)9-7-12/h3-10H,2H2,1H3,(H,17,18). The second-order valence-electron chi connectivity index (χ2n) is 4.01. The number of halogens is 1. The Morgan fingerprint density at radius 1 is 1.17 bits per heavy atom. The van der Waals surface area contributed by atoms with Crippen LogP contribution in [0.2, 0.25) is 0 Å². The Hall–Kier alpha value is -1.61. The molecule has 0 aliphatic heterocycles. The number of amides is 1. The van der Waals surface area contributed by atoms with Crippen molar-refractivity contribution in [3.8, 4) is 0 Å². The second kappa shape index (κ2) is 5.83. The van der Waals surface area contributed by atoms with Crippen molar-refractivity contribution in [3.63, 3.8) is 0 Å². The summed E-state index contributed by atoms with van der Waals surface area (Å²) in [6.45, 7) is 2.09. The summed E-state index contributed by atoms with van der Waals surface area (Å²) in [5.41, 5.74) is 2.70. The summed E-state index contributed by atoms with van der Waals surface area (Å²) in [4.78, 5) is 12.0. The van der Waals surface area contributed by atoms with E-state index >= 15 is 0 Å². The van der Waals surface area contributed by atoms with E-state index in [4.69, 9.17) is 0 Å². The second-order valence-corrected chi connectivity index (χ2v) is 4.93. The molecule has 0 bridgehead atoms. The smallest absolute Gasteiger partial charge is 0.255 e. The van der Waals surface area contributed by atoms with Crippen LogP contribution in [0.25, 0.3) is 0 Å². The van der Waals surface area contributed by atoms with Crippen LogP contribution in [0.15, 0.2) is 53.0 Å². The van der Waals surface area contributed by atoms with Gasteiger partial charge in [0.1, 0.15) is 0 Å². The first-order valence-corrected chi connectivity index (χ1v) is 6.64. The van der Waals surface area contributed by atoms with Gasteiger partial charge in [0.15, 0.2) is 0 Å². The third kappa shape index (κ3) is 3.20. The summed E-state index contributed by atoms with van der Waals surface area (Å²) < 4.78 is 0.965. The number of carbonyl (C=O) groups excluding carboxylic acids is 1. The van der Waals surface area contributed by atoms with E-state index in [9.17, 15) is 4.79 Å². The number of carbonyl (C=O) groups is 1. The summed E-state index contributed by atoms with van der Waals surface area (Å²) >= 11 is 3.35. The molecular weight excluding hydrogens is 290 g/mol. The largest absolute Gasteiger partial charge is 0.322 e. The molecule has 2 rings (SSSR count). The van der Waals surface area contributed by atoms with E-state index in [2.05, 4.69) is 34.2 Å². The zero-order valence-corrected chi connectivity index (χ0v) is 11.7. The Labute approximate surface area is 115 Å². The highest BCUT2D eigenvalue weighted by Gasteiger charge is 2.05. The highest BCUT2D eigenvalue weighted by atomic mass is 79.9. The lowest BCUT2D eigenvalue weighted by atomic mass is 10.1. The Bertz CT molecular complexity index is 549. The molecule has 3 heteroatoms. The summed E-state index contributed by atoms with van der Waals surface area (Å²) in [7, 11) is 0. The fourth-order valence-electron chi connectivity index (χ4n) is 1.67. The number of hydrogen-bond donors (Lipinski definition) is 1. The van der Waals surface area contributed by atoms with Gasteiger partial charge in [-0.2, -0.15) is 0 Å². The van der Waals surface area contributed by atoms with Gasteiger partial charge in [0.05, 0.1) is 0 Å². The van der Waals surface area contributed by atoms with Crippen LogP contribution in [-0.2, 0) is 6.42 Å². The summed E-state index contributed by atoms with van der Waals surface area (Å²) in [6, 6.07) is 15.2. The van der Waals surface area contributed by atoms with Crippen LogP contribution in [0, 0.1) is 0 Å². The fourth-order valence-corrected chi connectivity index (χ4v) is 1.94. The Kier molecular flexibility index (Phi) is 4.15. The topological polar surface area (TPSA) is 29.1 Å². The predicted molar refractivity (Wildman–Crippen MR) is 77.9 cm³/mol. The van der Waals surface area contributed by atoms with Crippen molar-refractivity contribution < 1.29 is 4.79 Å². The van der Waals surface area contributed by atoms with Crippen LogP contribution in [0.1, 0.15) is 22.8 Å². The van der Waals surface area contributed by atoms with Crippen LogP contribution >= 0.6 is 15.9 Å². The highest BCUT2D eigenvalue weighted by molar-refractivity contribution is 9.10. The molecular formula is C15H14BrNO. The molecule has 2 aromatic carbocycles. The number of benzene rings is 2. The SMILES string of the molecule is CCc1cccc(NC(=O)c2ccc(Br)cc2)c1. The fraction of sp³-hybridized carbons (Fsp3) is 0.133. The van der Waals surface area contributed by atoms with Crippen LogP contribution in [0.3, 0.4) is 0 Å². The maximum Gasteiger partial charge on any atom is 0.255 e. The van der Waals surface area contributed by atoms with E-state index in [1.54, 1.807) is 12.1 Å². The number of hydrogen-bond acceptors (Lipinski definition) is 1. The van der Waals surface area contributed by atoms with Crippen molar-refractivity contribution in [1.29, 1.82) is 0 Å². The summed E-state index contributed by atoms with van der Waals surface area (Å²) in [5.74, 6) is -0.0873. The molecule has 2 aromatic rings. The van der Waals surface area contributed by atoms with Crippen molar-refractivity contribution in [2.45, 2.75) is 13.3 Å². The highest BCUT2D eigenvalue weighted by Crippen LogP contribution is 2.14. The average molecular weight is 304 g/mol. The van der Waals surface area contributed by atoms with Gasteiger partial charge in [-0.05, 0) is 48.4 Å². The van der Waals surface area contributed by atoms with Gasteiger partial charge in [0.25, 0.3) is 5.91 Å². The molecule has 0 spiro atoms. The number of rotatable bonds is 3. The Balaban J connectivity index is 2.13. The van der Waals surface area contributed by atoms with Crippen molar-refractivity contribution in [3.05, 3.63) is 64.1 Å². The van der Waals surface area contributed by atoms with Crippen molar-refractivity contribution >= 4 is 27.5 Å². The zero-order valence-electron chi connectivity index (χ0n) is 10.1.